The highest BCUT2D eigenvalue weighted by Gasteiger charge is 2.45. The number of ether oxygens (including phenoxy) is 3. The molecule has 4 rings (SSSR count). The van der Waals surface area contributed by atoms with Gasteiger partial charge in [-0.2, -0.15) is 0 Å². The molecule has 1 aliphatic carbocycles. The molecule has 9 nitrogen and oxygen atoms in total. The van der Waals surface area contributed by atoms with Crippen LogP contribution in [0.4, 0.5) is 5.69 Å². The molecule has 0 aromatic heterocycles. The number of carbonyl (C=O) groups excluding carboxylic acids is 2. The number of benzene rings is 2. The number of non-ortho nitro benzene ring substituents is 1. The summed E-state index contributed by atoms with van der Waals surface area (Å²) in [4.78, 5) is 36.4. The topological polar surface area (TPSA) is 131 Å². The monoisotopic (exact) mass is 512 g/mol. The van der Waals surface area contributed by atoms with Gasteiger partial charge in [0.1, 0.15) is 23.7 Å². The predicted molar refractivity (Wildman–Crippen MR) is 131 cm³/mol. The molecule has 0 unspecified atom stereocenters. The number of Topliss-reactive ketones (excluding diaryl/α,β-unsaturated/α-hetero) is 1. The Balaban J connectivity index is 1.68. The second-order valence-electron chi connectivity index (χ2n) is 9.49. The van der Waals surface area contributed by atoms with Gasteiger partial charge in [0.25, 0.3) is 5.69 Å². The molecule has 0 saturated carbocycles. The van der Waals surface area contributed by atoms with Gasteiger partial charge in [0.15, 0.2) is 5.78 Å². The zero-order valence-corrected chi connectivity index (χ0v) is 20.8. The van der Waals surface area contributed by atoms with Gasteiger partial charge in [0.05, 0.1) is 23.0 Å². The third-order valence-electron chi connectivity index (χ3n) is 6.17. The normalized spacial score (nSPS) is 18.9. The zero-order chi connectivity index (χ0) is 26.2. The molecular weight excluding hydrogens is 488 g/mol. The fraction of sp³-hybridized carbons (Fsp3) is 0.308. The Morgan fingerprint density at radius 3 is 2.67 bits per heavy atom. The minimum Gasteiger partial charge on any atom is -0.487 e. The smallest absolute Gasteiger partial charge is 0.340 e. The maximum absolute atomic E-state index is 13.2. The molecule has 10 heteroatoms. The molecule has 0 amide bonds. The Hall–Kier alpha value is -3.85. The zero-order valence-electron chi connectivity index (χ0n) is 20.0. The predicted octanol–water partition coefficient (Wildman–Crippen LogP) is 4.93. The number of ketones is 1. The Morgan fingerprint density at radius 2 is 2.00 bits per heavy atom. The van der Waals surface area contributed by atoms with E-state index in [1.54, 1.807) is 30.3 Å². The lowest BCUT2D eigenvalue weighted by Gasteiger charge is -2.37. The van der Waals surface area contributed by atoms with Crippen LogP contribution in [0.5, 0.6) is 5.75 Å². The summed E-state index contributed by atoms with van der Waals surface area (Å²) in [6, 6.07) is 11.0. The van der Waals surface area contributed by atoms with Crippen molar-refractivity contribution in [3.05, 3.63) is 91.5 Å². The van der Waals surface area contributed by atoms with Crippen molar-refractivity contribution in [1.29, 1.82) is 0 Å². The largest absolute Gasteiger partial charge is 0.487 e. The van der Waals surface area contributed by atoms with Crippen molar-refractivity contribution in [3.8, 4) is 5.75 Å². The van der Waals surface area contributed by atoms with E-state index in [1.807, 2.05) is 13.8 Å². The summed E-state index contributed by atoms with van der Waals surface area (Å²) in [5, 5.41) is 11.2. The Morgan fingerprint density at radius 1 is 1.25 bits per heavy atom. The minimum atomic E-state index is -0.812. The van der Waals surface area contributed by atoms with E-state index in [9.17, 15) is 19.7 Å². The van der Waals surface area contributed by atoms with Crippen LogP contribution in [-0.2, 0) is 25.7 Å². The number of carbonyl (C=O) groups is 2. The molecular formula is C26H25ClN2O7. The molecule has 2 N–H and O–H groups in total. The van der Waals surface area contributed by atoms with Crippen molar-refractivity contribution in [2.24, 2.45) is 11.1 Å². The van der Waals surface area contributed by atoms with Crippen LogP contribution in [0.2, 0.25) is 5.02 Å². The van der Waals surface area contributed by atoms with Crippen molar-refractivity contribution in [1.82, 2.24) is 0 Å². The van der Waals surface area contributed by atoms with Gasteiger partial charge in [-0.1, -0.05) is 43.6 Å². The average molecular weight is 513 g/mol. The summed E-state index contributed by atoms with van der Waals surface area (Å²) in [6.45, 7) is 3.99. The Bertz CT molecular complexity index is 1330. The standard InChI is InChI=1S/C26H25ClN2O7/c1-26(2)11-18(30)22-20(12-26)36-24(28)23(25(31)34-3)21(22)15-7-8-19(17(27)10-15)35-13-14-5-4-6-16(9-14)29(32)33/h4-10,21H,11-13,28H2,1-3H3/t21-/m1/s1. The summed E-state index contributed by atoms with van der Waals surface area (Å²) in [6.07, 6.45) is 0.774. The second kappa shape index (κ2) is 9.66. The van der Waals surface area contributed by atoms with Gasteiger partial charge in [-0.05, 0) is 28.7 Å². The summed E-state index contributed by atoms with van der Waals surface area (Å²) >= 11 is 6.52. The van der Waals surface area contributed by atoms with E-state index in [2.05, 4.69) is 0 Å². The van der Waals surface area contributed by atoms with Crippen LogP contribution in [0.3, 0.4) is 0 Å². The van der Waals surface area contributed by atoms with Crippen molar-refractivity contribution in [3.63, 3.8) is 0 Å². The lowest BCUT2D eigenvalue weighted by atomic mass is 9.70. The lowest BCUT2D eigenvalue weighted by Crippen LogP contribution is -2.35. The molecule has 0 saturated heterocycles. The number of nitro benzene ring substituents is 1. The Kier molecular flexibility index (Phi) is 6.77. The number of methoxy groups -OCH3 is 1. The summed E-state index contributed by atoms with van der Waals surface area (Å²) in [5.74, 6) is -0.994. The van der Waals surface area contributed by atoms with Crippen molar-refractivity contribution in [2.75, 3.05) is 7.11 Å². The van der Waals surface area contributed by atoms with E-state index in [4.69, 9.17) is 31.5 Å². The van der Waals surface area contributed by atoms with Gasteiger partial charge in [-0.3, -0.25) is 14.9 Å². The molecule has 1 heterocycles. The number of hydrogen-bond acceptors (Lipinski definition) is 8. The van der Waals surface area contributed by atoms with Gasteiger partial charge in [-0.15, -0.1) is 0 Å². The van der Waals surface area contributed by atoms with Crippen LogP contribution in [0.15, 0.2) is 65.3 Å². The number of nitro groups is 1. The number of allylic oxidation sites excluding steroid dienone is 2. The molecule has 36 heavy (non-hydrogen) atoms. The lowest BCUT2D eigenvalue weighted by molar-refractivity contribution is -0.384. The molecule has 2 aliphatic rings. The highest BCUT2D eigenvalue weighted by Crippen LogP contribution is 2.49. The second-order valence-corrected chi connectivity index (χ2v) is 9.90. The number of nitrogens with zero attached hydrogens (tertiary/aromatic N) is 1. The van der Waals surface area contributed by atoms with Gasteiger partial charge >= 0.3 is 5.97 Å². The van der Waals surface area contributed by atoms with E-state index in [0.29, 0.717) is 34.6 Å². The van der Waals surface area contributed by atoms with Gasteiger partial charge in [0, 0.05) is 30.5 Å². The molecule has 0 radical (unpaired) electrons. The van der Waals surface area contributed by atoms with E-state index in [1.165, 1.54) is 19.2 Å². The first-order chi connectivity index (χ1) is 17.0. The molecule has 0 fully saturated rings. The van der Waals surface area contributed by atoms with E-state index in [0.717, 1.165) is 0 Å². The van der Waals surface area contributed by atoms with E-state index < -0.39 is 16.8 Å². The Labute approximate surface area is 212 Å². The van der Waals surface area contributed by atoms with Crippen LogP contribution in [0.25, 0.3) is 0 Å². The van der Waals surface area contributed by atoms with E-state index >= 15 is 0 Å². The van der Waals surface area contributed by atoms with E-state index in [-0.39, 0.29) is 46.4 Å². The molecule has 0 bridgehead atoms. The molecule has 1 atom stereocenters. The molecule has 0 spiro atoms. The van der Waals surface area contributed by atoms with Crippen LogP contribution in [0, 0.1) is 15.5 Å². The van der Waals surface area contributed by atoms with Crippen LogP contribution < -0.4 is 10.5 Å². The van der Waals surface area contributed by atoms with Gasteiger partial charge in [-0.25, -0.2) is 4.79 Å². The van der Waals surface area contributed by atoms with Crippen molar-refractivity contribution in [2.45, 2.75) is 39.2 Å². The highest BCUT2D eigenvalue weighted by molar-refractivity contribution is 6.32. The van der Waals surface area contributed by atoms with Crippen LogP contribution in [-0.4, -0.2) is 23.8 Å². The van der Waals surface area contributed by atoms with Crippen LogP contribution in [0.1, 0.15) is 43.7 Å². The fourth-order valence-corrected chi connectivity index (χ4v) is 4.80. The van der Waals surface area contributed by atoms with Crippen molar-refractivity contribution >= 4 is 29.0 Å². The first kappa shape index (κ1) is 25.2. The van der Waals surface area contributed by atoms with Gasteiger partial charge < -0.3 is 19.9 Å². The number of rotatable bonds is 6. The summed E-state index contributed by atoms with van der Waals surface area (Å²) in [7, 11) is 1.23. The number of halogens is 1. The third-order valence-corrected chi connectivity index (χ3v) is 6.46. The number of nitrogens with two attached hydrogens (primary N) is 1. The average Bonchev–Trinajstić information content (AvgIpc) is 2.81. The maximum Gasteiger partial charge on any atom is 0.340 e. The number of esters is 1. The summed E-state index contributed by atoms with van der Waals surface area (Å²) < 4.78 is 16.5. The molecule has 188 valence electrons. The number of hydrogen-bond donors (Lipinski definition) is 1. The molecule has 2 aromatic rings. The highest BCUT2D eigenvalue weighted by atomic mass is 35.5. The third kappa shape index (κ3) is 4.92. The quantitative estimate of drug-likeness (QED) is 0.327. The first-order valence-corrected chi connectivity index (χ1v) is 11.6. The molecule has 1 aliphatic heterocycles. The SMILES string of the molecule is COC(=O)C1=C(N)OC2=C(C(=O)CC(C)(C)C2)[C@H]1c1ccc(OCc2cccc([N+](=O)[O-])c2)c(Cl)c1. The van der Waals surface area contributed by atoms with Crippen molar-refractivity contribution < 1.29 is 28.7 Å². The summed E-state index contributed by atoms with van der Waals surface area (Å²) in [5.41, 5.74) is 7.34. The van der Waals surface area contributed by atoms with Gasteiger partial charge in [0.2, 0.25) is 5.88 Å². The first-order valence-electron chi connectivity index (χ1n) is 11.2. The minimum absolute atomic E-state index is 0.0330. The fourth-order valence-electron chi connectivity index (χ4n) is 4.56. The molecule has 2 aromatic carbocycles. The maximum atomic E-state index is 13.2. The van der Waals surface area contributed by atoms with Crippen LogP contribution >= 0.6 is 11.6 Å².